The Labute approximate surface area is 157 Å². The molecule has 1 aliphatic rings. The first kappa shape index (κ1) is 18.0. The van der Waals surface area contributed by atoms with E-state index in [2.05, 4.69) is 39.4 Å². The van der Waals surface area contributed by atoms with E-state index in [1.807, 2.05) is 32.9 Å². The Balaban J connectivity index is 1.57. The Bertz CT molecular complexity index is 777. The molecule has 3 nitrogen and oxygen atoms in total. The first-order valence-electron chi connectivity index (χ1n) is 8.74. The molecule has 1 atom stereocenters. The van der Waals surface area contributed by atoms with E-state index >= 15 is 0 Å². The predicted octanol–water partition coefficient (Wildman–Crippen LogP) is 4.81. The molecule has 2 aromatic carbocycles. The van der Waals surface area contributed by atoms with Gasteiger partial charge < -0.3 is 10.1 Å². The third kappa shape index (κ3) is 4.24. The maximum absolute atomic E-state index is 12.2. The van der Waals surface area contributed by atoms with Crippen LogP contribution in [0.4, 0.5) is 0 Å². The lowest BCUT2D eigenvalue weighted by atomic mass is 10.0. The molecule has 0 saturated carbocycles. The second-order valence-electron chi connectivity index (χ2n) is 6.83. The molecule has 0 aliphatic heterocycles. The van der Waals surface area contributed by atoms with Crippen LogP contribution in [-0.2, 0) is 17.6 Å². The minimum Gasteiger partial charge on any atom is -0.484 e. The largest absolute Gasteiger partial charge is 0.484 e. The van der Waals surface area contributed by atoms with Gasteiger partial charge in [-0.2, -0.15) is 0 Å². The zero-order valence-corrected chi connectivity index (χ0v) is 16.6. The van der Waals surface area contributed by atoms with Crippen molar-refractivity contribution in [3.8, 4) is 5.75 Å². The number of rotatable bonds is 5. The molecule has 2 aromatic rings. The Kier molecular flexibility index (Phi) is 5.48. The topological polar surface area (TPSA) is 38.3 Å². The maximum Gasteiger partial charge on any atom is 0.258 e. The summed E-state index contributed by atoms with van der Waals surface area (Å²) in [6.45, 7) is 6.07. The molecule has 3 rings (SSSR count). The van der Waals surface area contributed by atoms with Crippen LogP contribution >= 0.6 is 15.9 Å². The summed E-state index contributed by atoms with van der Waals surface area (Å²) in [5.74, 6) is 0.616. The normalized spacial score (nSPS) is 14.1. The fourth-order valence-electron chi connectivity index (χ4n) is 3.37. The summed E-state index contributed by atoms with van der Waals surface area (Å²) in [7, 11) is 0. The molecule has 0 spiro atoms. The fourth-order valence-corrected chi connectivity index (χ4v) is 3.59. The van der Waals surface area contributed by atoms with Crippen LogP contribution in [0, 0.1) is 13.8 Å². The molecular weight excluding hydrogens is 378 g/mol. The average molecular weight is 402 g/mol. The van der Waals surface area contributed by atoms with E-state index < -0.39 is 0 Å². The number of halogens is 1. The number of ether oxygens (including phenoxy) is 1. The highest BCUT2D eigenvalue weighted by Gasteiger charge is 2.15. The van der Waals surface area contributed by atoms with E-state index in [1.165, 1.54) is 24.0 Å². The van der Waals surface area contributed by atoms with Crippen LogP contribution in [0.25, 0.3) is 0 Å². The molecule has 0 radical (unpaired) electrons. The van der Waals surface area contributed by atoms with Gasteiger partial charge >= 0.3 is 0 Å². The lowest BCUT2D eigenvalue weighted by molar-refractivity contribution is -0.123. The minimum absolute atomic E-state index is 0.0182. The van der Waals surface area contributed by atoms with Crippen LogP contribution in [0.5, 0.6) is 5.75 Å². The van der Waals surface area contributed by atoms with Crippen LogP contribution in [-0.4, -0.2) is 12.5 Å². The van der Waals surface area contributed by atoms with E-state index in [1.54, 1.807) is 0 Å². The van der Waals surface area contributed by atoms with Gasteiger partial charge in [0.15, 0.2) is 6.61 Å². The maximum atomic E-state index is 12.2. The standard InChI is InChI=1S/C21H24BrNO2/c1-13-9-19(10-14(2)21(13)22)25-12-20(24)23-15(3)17-8-7-16-5-4-6-18(16)11-17/h7-11,15H,4-6,12H2,1-3H3,(H,23,24)/t15-/m0/s1. The molecule has 4 heteroatoms. The van der Waals surface area contributed by atoms with Gasteiger partial charge in [-0.05, 0) is 80.0 Å². The van der Waals surface area contributed by atoms with Crippen molar-refractivity contribution in [2.24, 2.45) is 0 Å². The van der Waals surface area contributed by atoms with Crippen molar-refractivity contribution < 1.29 is 9.53 Å². The quantitative estimate of drug-likeness (QED) is 0.780. The van der Waals surface area contributed by atoms with Crippen molar-refractivity contribution >= 4 is 21.8 Å². The molecule has 1 N–H and O–H groups in total. The van der Waals surface area contributed by atoms with Gasteiger partial charge in [-0.1, -0.05) is 34.1 Å². The zero-order chi connectivity index (χ0) is 18.0. The van der Waals surface area contributed by atoms with Crippen molar-refractivity contribution in [3.05, 3.63) is 62.6 Å². The van der Waals surface area contributed by atoms with E-state index in [9.17, 15) is 4.79 Å². The summed E-state index contributed by atoms with van der Waals surface area (Å²) in [5, 5.41) is 3.03. The Hall–Kier alpha value is -1.81. The summed E-state index contributed by atoms with van der Waals surface area (Å²) < 4.78 is 6.74. The summed E-state index contributed by atoms with van der Waals surface area (Å²) in [6.07, 6.45) is 3.56. The van der Waals surface area contributed by atoms with E-state index in [0.29, 0.717) is 0 Å². The van der Waals surface area contributed by atoms with Gasteiger partial charge in [-0.25, -0.2) is 0 Å². The molecule has 0 unspecified atom stereocenters. The zero-order valence-electron chi connectivity index (χ0n) is 15.0. The number of amides is 1. The second kappa shape index (κ2) is 7.61. The summed E-state index contributed by atoms with van der Waals surface area (Å²) >= 11 is 3.54. The van der Waals surface area contributed by atoms with Crippen molar-refractivity contribution in [2.75, 3.05) is 6.61 Å². The molecule has 132 valence electrons. The van der Waals surface area contributed by atoms with E-state index in [4.69, 9.17) is 4.74 Å². The Morgan fingerprint density at radius 3 is 2.56 bits per heavy atom. The van der Waals surface area contributed by atoms with E-state index in [-0.39, 0.29) is 18.6 Å². The van der Waals surface area contributed by atoms with Gasteiger partial charge in [-0.15, -0.1) is 0 Å². The van der Waals surface area contributed by atoms with E-state index in [0.717, 1.165) is 33.3 Å². The van der Waals surface area contributed by atoms with Gasteiger partial charge in [0.2, 0.25) is 0 Å². The molecule has 0 heterocycles. The number of carbonyl (C=O) groups is 1. The van der Waals surface area contributed by atoms with Crippen molar-refractivity contribution in [3.63, 3.8) is 0 Å². The van der Waals surface area contributed by atoms with Crippen LogP contribution in [0.2, 0.25) is 0 Å². The van der Waals surface area contributed by atoms with Gasteiger partial charge in [0, 0.05) is 4.47 Å². The minimum atomic E-state index is -0.105. The lowest BCUT2D eigenvalue weighted by Crippen LogP contribution is -2.31. The number of hydrogen-bond donors (Lipinski definition) is 1. The summed E-state index contributed by atoms with van der Waals surface area (Å²) in [4.78, 5) is 12.2. The third-order valence-electron chi connectivity index (χ3n) is 4.78. The highest BCUT2D eigenvalue weighted by molar-refractivity contribution is 9.10. The number of benzene rings is 2. The number of aryl methyl sites for hydroxylation is 4. The average Bonchev–Trinajstić information content (AvgIpc) is 3.05. The number of nitrogens with one attached hydrogen (secondary N) is 1. The fraction of sp³-hybridized carbons (Fsp3) is 0.381. The van der Waals surface area contributed by atoms with Gasteiger partial charge in [0.1, 0.15) is 5.75 Å². The highest BCUT2D eigenvalue weighted by atomic mass is 79.9. The van der Waals surface area contributed by atoms with Crippen molar-refractivity contribution in [1.82, 2.24) is 5.32 Å². The monoisotopic (exact) mass is 401 g/mol. The summed E-state index contributed by atoms with van der Waals surface area (Å²) in [6, 6.07) is 10.4. The van der Waals surface area contributed by atoms with Crippen LogP contribution in [0.3, 0.4) is 0 Å². The smallest absolute Gasteiger partial charge is 0.258 e. The van der Waals surface area contributed by atoms with Gasteiger partial charge in [0.25, 0.3) is 5.91 Å². The third-order valence-corrected chi connectivity index (χ3v) is 6.03. The van der Waals surface area contributed by atoms with Crippen molar-refractivity contribution in [2.45, 2.75) is 46.1 Å². The number of hydrogen-bond acceptors (Lipinski definition) is 2. The SMILES string of the molecule is Cc1cc(OCC(=O)N[C@@H](C)c2ccc3c(c2)CCC3)cc(C)c1Br. The predicted molar refractivity (Wildman–Crippen MR) is 104 cm³/mol. The molecule has 0 bridgehead atoms. The van der Waals surface area contributed by atoms with Crippen LogP contribution in [0.15, 0.2) is 34.8 Å². The molecule has 1 aliphatic carbocycles. The lowest BCUT2D eigenvalue weighted by Gasteiger charge is -2.16. The van der Waals surface area contributed by atoms with Crippen LogP contribution in [0.1, 0.15) is 47.2 Å². The highest BCUT2D eigenvalue weighted by Crippen LogP contribution is 2.27. The molecule has 0 fully saturated rings. The Morgan fingerprint density at radius 2 is 1.84 bits per heavy atom. The number of carbonyl (C=O) groups excluding carboxylic acids is 1. The van der Waals surface area contributed by atoms with Crippen molar-refractivity contribution in [1.29, 1.82) is 0 Å². The first-order chi connectivity index (χ1) is 11.9. The first-order valence-corrected chi connectivity index (χ1v) is 9.54. The molecular formula is C21H24BrNO2. The Morgan fingerprint density at radius 1 is 1.16 bits per heavy atom. The number of fused-ring (bicyclic) bond motifs is 1. The molecule has 0 aromatic heterocycles. The van der Waals surface area contributed by atoms with Gasteiger partial charge in [0.05, 0.1) is 6.04 Å². The van der Waals surface area contributed by atoms with Gasteiger partial charge in [-0.3, -0.25) is 4.79 Å². The molecule has 1 amide bonds. The second-order valence-corrected chi connectivity index (χ2v) is 7.62. The van der Waals surface area contributed by atoms with Crippen LogP contribution < -0.4 is 10.1 Å². The molecule has 0 saturated heterocycles. The molecule has 25 heavy (non-hydrogen) atoms. The summed E-state index contributed by atoms with van der Waals surface area (Å²) in [5.41, 5.74) is 6.23.